The second-order valence-corrected chi connectivity index (χ2v) is 8.40. The maximum Gasteiger partial charge on any atom is 0.499 e. The molecule has 2 atom stereocenters. The van der Waals surface area contributed by atoms with Crippen LogP contribution in [-0.4, -0.2) is 47.8 Å². The second-order valence-electron chi connectivity index (χ2n) is 8.40. The Bertz CT molecular complexity index is 1200. The fraction of sp³-hybridized carbons (Fsp3) is 0.269. The van der Waals surface area contributed by atoms with Gasteiger partial charge in [0.2, 0.25) is 0 Å². The van der Waals surface area contributed by atoms with Crippen molar-refractivity contribution in [3.8, 4) is 16.9 Å². The van der Waals surface area contributed by atoms with Gasteiger partial charge in [-0.15, -0.1) is 0 Å². The maximum atomic E-state index is 13.0. The molecule has 37 heavy (non-hydrogen) atoms. The fourth-order valence-electron chi connectivity index (χ4n) is 4.11. The van der Waals surface area contributed by atoms with E-state index in [1.807, 2.05) is 48.5 Å². The van der Waals surface area contributed by atoms with Crippen LogP contribution in [0.2, 0.25) is 0 Å². The van der Waals surface area contributed by atoms with E-state index < -0.39 is 42.9 Å². The number of nitrogens with one attached hydrogen (secondary N) is 1. The zero-order valence-corrected chi connectivity index (χ0v) is 19.1. The third-order valence-electron chi connectivity index (χ3n) is 5.96. The summed E-state index contributed by atoms with van der Waals surface area (Å²) in [6.07, 6.45) is -15.2. The molecule has 4 rings (SSSR count). The third-order valence-corrected chi connectivity index (χ3v) is 5.96. The van der Waals surface area contributed by atoms with Crippen molar-refractivity contribution < 1.29 is 46.4 Å². The number of halogens is 5. The average molecular weight is 523 g/mol. The maximum absolute atomic E-state index is 13.0. The van der Waals surface area contributed by atoms with Crippen molar-refractivity contribution in [1.29, 1.82) is 0 Å². The minimum atomic E-state index is -5.90. The number of aliphatic hydroxyl groups excluding tert-OH is 2. The molecule has 0 spiro atoms. The van der Waals surface area contributed by atoms with Crippen LogP contribution in [0.5, 0.6) is 5.75 Å². The number of rotatable bonds is 8. The van der Waals surface area contributed by atoms with Gasteiger partial charge < -0.3 is 25.0 Å². The molecule has 0 heterocycles. The summed E-state index contributed by atoms with van der Waals surface area (Å²) >= 11 is 0. The molecule has 196 valence electrons. The van der Waals surface area contributed by atoms with Gasteiger partial charge in [0.15, 0.2) is 0 Å². The van der Waals surface area contributed by atoms with Crippen molar-refractivity contribution in [2.24, 2.45) is 0 Å². The molecule has 0 radical (unpaired) electrons. The normalized spacial score (nSPS) is 14.9. The highest BCUT2D eigenvalue weighted by molar-refractivity contribution is 5.79. The van der Waals surface area contributed by atoms with Crippen LogP contribution in [0.1, 0.15) is 28.7 Å². The largest absolute Gasteiger partial charge is 0.499 e. The number of ether oxygens (including phenoxy) is 2. The number of hydrogen-bond donors (Lipinski definition) is 3. The van der Waals surface area contributed by atoms with Gasteiger partial charge in [-0.05, 0) is 39.9 Å². The van der Waals surface area contributed by atoms with Gasteiger partial charge in [-0.2, -0.15) is 22.0 Å². The molecule has 0 aliphatic heterocycles. The minimum Gasteiger partial charge on any atom is -0.449 e. The van der Waals surface area contributed by atoms with Crippen molar-refractivity contribution in [3.63, 3.8) is 0 Å². The first-order chi connectivity index (χ1) is 17.5. The van der Waals surface area contributed by atoms with Gasteiger partial charge in [-0.3, -0.25) is 0 Å². The van der Waals surface area contributed by atoms with Crippen LogP contribution in [0, 0.1) is 0 Å². The number of carbonyl (C=O) groups excluding carboxylic acids is 1. The van der Waals surface area contributed by atoms with Crippen LogP contribution >= 0.6 is 0 Å². The van der Waals surface area contributed by atoms with E-state index in [0.717, 1.165) is 46.5 Å². The summed E-state index contributed by atoms with van der Waals surface area (Å²) in [6.45, 7) is -0.370. The highest BCUT2D eigenvalue weighted by Crippen LogP contribution is 2.44. The van der Waals surface area contributed by atoms with E-state index in [9.17, 15) is 37.0 Å². The van der Waals surface area contributed by atoms with Gasteiger partial charge in [0, 0.05) is 12.5 Å². The molecule has 11 heteroatoms. The van der Waals surface area contributed by atoms with Crippen molar-refractivity contribution >= 4 is 6.09 Å². The monoisotopic (exact) mass is 523 g/mol. The van der Waals surface area contributed by atoms with Gasteiger partial charge in [0.05, 0.1) is 0 Å². The highest BCUT2D eigenvalue weighted by atomic mass is 19.4. The van der Waals surface area contributed by atoms with E-state index in [4.69, 9.17) is 4.74 Å². The molecule has 2 unspecified atom stereocenters. The standard InChI is InChI=1S/C26H22F5NO5/c27-25(28,29)26(30,31)37-16-11-9-15(10-12-16)23(34)22(33)13-32-24(35)36-14-21-19-7-3-1-5-17(19)18-6-2-4-8-20(18)21/h1-12,21-23,33-34H,13-14H2,(H,32,35). The SMILES string of the molecule is O=C(NCC(O)C(O)c1ccc(OC(F)(F)C(F)(F)F)cc1)OCC1c2ccccc2-c2ccccc21. The van der Waals surface area contributed by atoms with Crippen molar-refractivity contribution in [2.45, 2.75) is 30.4 Å². The molecule has 0 saturated carbocycles. The van der Waals surface area contributed by atoms with E-state index in [0.29, 0.717) is 0 Å². The lowest BCUT2D eigenvalue weighted by Crippen LogP contribution is -2.41. The quantitative estimate of drug-likeness (QED) is 0.356. The molecule has 0 aromatic heterocycles. The number of aliphatic hydroxyl groups is 2. The Morgan fingerprint density at radius 3 is 1.95 bits per heavy atom. The van der Waals surface area contributed by atoms with Crippen LogP contribution in [-0.2, 0) is 4.74 Å². The Balaban J connectivity index is 1.29. The van der Waals surface area contributed by atoms with Crippen molar-refractivity contribution in [2.75, 3.05) is 13.2 Å². The third kappa shape index (κ3) is 5.67. The topological polar surface area (TPSA) is 88.0 Å². The number of alkyl carbamates (subject to hydrolysis) is 1. The first-order valence-electron chi connectivity index (χ1n) is 11.2. The molecule has 6 nitrogen and oxygen atoms in total. The summed E-state index contributed by atoms with van der Waals surface area (Å²) in [5.74, 6) is -0.955. The van der Waals surface area contributed by atoms with Crippen LogP contribution in [0.25, 0.3) is 11.1 Å². The van der Waals surface area contributed by atoms with Crippen LogP contribution in [0.15, 0.2) is 72.8 Å². The lowest BCUT2D eigenvalue weighted by atomic mass is 9.98. The second kappa shape index (κ2) is 10.3. The minimum absolute atomic E-state index is 0.00418. The summed E-state index contributed by atoms with van der Waals surface area (Å²) in [6, 6.07) is 19.2. The van der Waals surface area contributed by atoms with Crippen LogP contribution in [0.4, 0.5) is 26.7 Å². The number of amides is 1. The zero-order chi connectivity index (χ0) is 26.8. The molecule has 0 bridgehead atoms. The van der Waals surface area contributed by atoms with Crippen molar-refractivity contribution in [1.82, 2.24) is 5.32 Å². The molecular formula is C26H22F5NO5. The Hall–Kier alpha value is -3.70. The Labute approximate surface area is 208 Å². The smallest absolute Gasteiger partial charge is 0.449 e. The summed E-state index contributed by atoms with van der Waals surface area (Å²) in [5, 5.41) is 22.8. The molecule has 1 amide bonds. The lowest BCUT2D eigenvalue weighted by molar-refractivity contribution is -0.360. The fourth-order valence-corrected chi connectivity index (χ4v) is 4.11. The number of benzene rings is 3. The first kappa shape index (κ1) is 26.4. The number of hydrogen-bond acceptors (Lipinski definition) is 5. The van der Waals surface area contributed by atoms with Gasteiger partial charge in [-0.1, -0.05) is 60.7 Å². The summed E-state index contributed by atoms with van der Waals surface area (Å²) in [5.41, 5.74) is 4.16. The summed E-state index contributed by atoms with van der Waals surface area (Å²) < 4.78 is 71.8. The molecule has 3 aromatic carbocycles. The number of alkyl halides is 5. The van der Waals surface area contributed by atoms with Gasteiger partial charge >= 0.3 is 18.4 Å². The van der Waals surface area contributed by atoms with Crippen molar-refractivity contribution in [3.05, 3.63) is 89.5 Å². The lowest BCUT2D eigenvalue weighted by Gasteiger charge is -2.21. The molecule has 0 fully saturated rings. The molecule has 3 N–H and O–H groups in total. The van der Waals surface area contributed by atoms with E-state index in [2.05, 4.69) is 10.1 Å². The van der Waals surface area contributed by atoms with Crippen LogP contribution < -0.4 is 10.1 Å². The van der Waals surface area contributed by atoms with Crippen LogP contribution in [0.3, 0.4) is 0 Å². The predicted octanol–water partition coefficient (Wildman–Crippen LogP) is 5.15. The molecule has 1 aliphatic rings. The number of fused-ring (bicyclic) bond motifs is 3. The van der Waals surface area contributed by atoms with E-state index in [-0.39, 0.29) is 18.1 Å². The van der Waals surface area contributed by atoms with E-state index in [1.54, 1.807) is 0 Å². The van der Waals surface area contributed by atoms with Gasteiger partial charge in [-0.25, -0.2) is 4.79 Å². The summed E-state index contributed by atoms with van der Waals surface area (Å²) in [7, 11) is 0. The highest BCUT2D eigenvalue weighted by Gasteiger charge is 2.61. The predicted molar refractivity (Wildman–Crippen MR) is 122 cm³/mol. The Morgan fingerprint density at radius 2 is 1.41 bits per heavy atom. The van der Waals surface area contributed by atoms with Gasteiger partial charge in [0.1, 0.15) is 24.6 Å². The van der Waals surface area contributed by atoms with E-state index in [1.165, 1.54) is 0 Å². The zero-order valence-electron chi connectivity index (χ0n) is 19.1. The number of carbonyl (C=O) groups is 1. The molecule has 1 aliphatic carbocycles. The first-order valence-corrected chi connectivity index (χ1v) is 11.2. The van der Waals surface area contributed by atoms with E-state index >= 15 is 0 Å². The molecular weight excluding hydrogens is 501 g/mol. The Kier molecular flexibility index (Phi) is 7.37. The molecule has 0 saturated heterocycles. The van der Waals surface area contributed by atoms with Gasteiger partial charge in [0.25, 0.3) is 0 Å². The molecule has 3 aromatic rings. The Morgan fingerprint density at radius 1 is 0.865 bits per heavy atom. The average Bonchev–Trinajstić information content (AvgIpc) is 3.19. The summed E-state index contributed by atoms with van der Waals surface area (Å²) in [4.78, 5) is 12.2.